The van der Waals surface area contributed by atoms with Crippen LogP contribution in [0.4, 0.5) is 0 Å². The van der Waals surface area contributed by atoms with Crippen LogP contribution in [0.25, 0.3) is 0 Å². The first-order valence-corrected chi connectivity index (χ1v) is 7.34. The number of carbonyl (C=O) groups is 1. The monoisotopic (exact) mass is 260 g/mol. The van der Waals surface area contributed by atoms with E-state index in [1.54, 1.807) is 0 Å². The van der Waals surface area contributed by atoms with Gasteiger partial charge in [-0.15, -0.1) is 0 Å². The first-order valence-electron chi connectivity index (χ1n) is 7.34. The summed E-state index contributed by atoms with van der Waals surface area (Å²) in [5.74, 6) is 0.510. The van der Waals surface area contributed by atoms with Crippen molar-refractivity contribution in [1.82, 2.24) is 5.32 Å². The maximum absolute atomic E-state index is 12.2. The molecular formula is C16H24N2O. The number of nitrogens with one attached hydrogen (secondary N) is 1. The highest BCUT2D eigenvalue weighted by Crippen LogP contribution is 2.23. The van der Waals surface area contributed by atoms with Crippen LogP contribution >= 0.6 is 0 Å². The highest BCUT2D eigenvalue weighted by Gasteiger charge is 2.20. The fourth-order valence-corrected chi connectivity index (χ4v) is 2.84. The van der Waals surface area contributed by atoms with Crippen molar-refractivity contribution in [1.29, 1.82) is 0 Å². The molecule has 1 atom stereocenters. The molecule has 1 aromatic rings. The Hall–Kier alpha value is -1.35. The van der Waals surface area contributed by atoms with E-state index in [1.807, 2.05) is 30.3 Å². The molecule has 3 nitrogen and oxygen atoms in total. The van der Waals surface area contributed by atoms with Gasteiger partial charge in [-0.3, -0.25) is 4.79 Å². The van der Waals surface area contributed by atoms with Crippen LogP contribution in [-0.4, -0.2) is 19.0 Å². The van der Waals surface area contributed by atoms with Crippen LogP contribution in [0, 0.1) is 5.92 Å². The molecule has 19 heavy (non-hydrogen) atoms. The molecule has 1 aromatic carbocycles. The molecule has 0 heterocycles. The van der Waals surface area contributed by atoms with E-state index < -0.39 is 0 Å². The number of carbonyl (C=O) groups excluding carboxylic acids is 1. The summed E-state index contributed by atoms with van der Waals surface area (Å²) < 4.78 is 0. The lowest BCUT2D eigenvalue weighted by Crippen LogP contribution is -2.36. The molecule has 104 valence electrons. The van der Waals surface area contributed by atoms with Gasteiger partial charge in [0.05, 0.1) is 5.92 Å². The second-order valence-electron chi connectivity index (χ2n) is 5.45. The minimum Gasteiger partial charge on any atom is -0.355 e. The highest BCUT2D eigenvalue weighted by molar-refractivity contribution is 5.83. The van der Waals surface area contributed by atoms with Crippen molar-refractivity contribution in [2.45, 2.75) is 38.0 Å². The van der Waals surface area contributed by atoms with Crippen LogP contribution in [0.2, 0.25) is 0 Å². The van der Waals surface area contributed by atoms with Gasteiger partial charge in [-0.25, -0.2) is 0 Å². The smallest absolute Gasteiger partial charge is 0.228 e. The van der Waals surface area contributed by atoms with Gasteiger partial charge in [0, 0.05) is 13.1 Å². The minimum atomic E-state index is -0.218. The van der Waals surface area contributed by atoms with Gasteiger partial charge in [-0.2, -0.15) is 0 Å². The van der Waals surface area contributed by atoms with Crippen LogP contribution in [0.5, 0.6) is 0 Å². The van der Waals surface area contributed by atoms with Crippen molar-refractivity contribution >= 4 is 5.91 Å². The molecule has 1 unspecified atom stereocenters. The molecule has 1 fully saturated rings. The van der Waals surface area contributed by atoms with Gasteiger partial charge >= 0.3 is 0 Å². The molecule has 3 N–H and O–H groups in total. The second-order valence-corrected chi connectivity index (χ2v) is 5.45. The van der Waals surface area contributed by atoms with Crippen molar-refractivity contribution in [2.75, 3.05) is 13.1 Å². The van der Waals surface area contributed by atoms with Crippen LogP contribution in [0.3, 0.4) is 0 Å². The lowest BCUT2D eigenvalue weighted by atomic mass is 9.89. The summed E-state index contributed by atoms with van der Waals surface area (Å²) in [6.45, 7) is 1.17. The summed E-state index contributed by atoms with van der Waals surface area (Å²) in [5.41, 5.74) is 6.76. The Morgan fingerprint density at radius 2 is 1.89 bits per heavy atom. The van der Waals surface area contributed by atoms with Gasteiger partial charge < -0.3 is 11.1 Å². The molecular weight excluding hydrogens is 236 g/mol. The van der Waals surface area contributed by atoms with E-state index >= 15 is 0 Å². The SMILES string of the molecule is NCC(C(=O)NCC1CCCCC1)c1ccccc1. The first kappa shape index (κ1) is 14.1. The lowest BCUT2D eigenvalue weighted by molar-refractivity contribution is -0.122. The average molecular weight is 260 g/mol. The molecule has 0 spiro atoms. The van der Waals surface area contributed by atoms with E-state index in [0.717, 1.165) is 12.1 Å². The summed E-state index contributed by atoms with van der Waals surface area (Å²) in [7, 11) is 0. The fourth-order valence-electron chi connectivity index (χ4n) is 2.84. The highest BCUT2D eigenvalue weighted by atomic mass is 16.1. The van der Waals surface area contributed by atoms with Crippen LogP contribution < -0.4 is 11.1 Å². The van der Waals surface area contributed by atoms with Gasteiger partial charge in [0.1, 0.15) is 0 Å². The first-order chi connectivity index (χ1) is 9.31. The van der Waals surface area contributed by atoms with Crippen molar-refractivity contribution in [3.05, 3.63) is 35.9 Å². The largest absolute Gasteiger partial charge is 0.355 e. The molecule has 0 saturated heterocycles. The Kier molecular flexibility index (Phi) is 5.40. The minimum absolute atomic E-state index is 0.0688. The van der Waals surface area contributed by atoms with Crippen molar-refractivity contribution in [3.63, 3.8) is 0 Å². The van der Waals surface area contributed by atoms with E-state index in [9.17, 15) is 4.79 Å². The van der Waals surface area contributed by atoms with Crippen LogP contribution in [0.1, 0.15) is 43.6 Å². The Morgan fingerprint density at radius 1 is 1.21 bits per heavy atom. The number of amides is 1. The normalized spacial score (nSPS) is 17.9. The fraction of sp³-hybridized carbons (Fsp3) is 0.562. The van der Waals surface area contributed by atoms with Crippen molar-refractivity contribution in [2.24, 2.45) is 11.7 Å². The summed E-state index contributed by atoms with van der Waals surface area (Å²) in [6.07, 6.45) is 6.46. The van der Waals surface area contributed by atoms with E-state index in [4.69, 9.17) is 5.73 Å². The Balaban J connectivity index is 1.86. The Bertz CT molecular complexity index is 385. The van der Waals surface area contributed by atoms with Gasteiger partial charge in [0.2, 0.25) is 5.91 Å². The Labute approximate surface area is 115 Å². The standard InChI is InChI=1S/C16H24N2O/c17-11-15(14-9-5-2-6-10-14)16(19)18-12-13-7-3-1-4-8-13/h2,5-6,9-10,13,15H,1,3-4,7-8,11-12,17H2,(H,18,19). The van der Waals surface area contributed by atoms with Crippen molar-refractivity contribution < 1.29 is 4.79 Å². The Morgan fingerprint density at radius 3 is 2.53 bits per heavy atom. The van der Waals surface area contributed by atoms with E-state index in [-0.39, 0.29) is 11.8 Å². The summed E-state index contributed by atoms with van der Waals surface area (Å²) in [5, 5.41) is 3.08. The van der Waals surface area contributed by atoms with Gasteiger partial charge in [0.25, 0.3) is 0 Å². The van der Waals surface area contributed by atoms with Gasteiger partial charge in [-0.1, -0.05) is 49.6 Å². The number of rotatable bonds is 5. The molecule has 0 aliphatic heterocycles. The molecule has 0 radical (unpaired) electrons. The zero-order valence-electron chi connectivity index (χ0n) is 11.5. The van der Waals surface area contributed by atoms with Crippen LogP contribution in [0.15, 0.2) is 30.3 Å². The molecule has 0 aromatic heterocycles. The number of nitrogens with two attached hydrogens (primary N) is 1. The zero-order valence-corrected chi connectivity index (χ0v) is 11.5. The maximum Gasteiger partial charge on any atom is 0.228 e. The van der Waals surface area contributed by atoms with Crippen LogP contribution in [-0.2, 0) is 4.79 Å². The second kappa shape index (κ2) is 7.29. The third-order valence-electron chi connectivity index (χ3n) is 4.04. The van der Waals surface area contributed by atoms with Gasteiger partial charge in [0.15, 0.2) is 0 Å². The summed E-state index contributed by atoms with van der Waals surface area (Å²) >= 11 is 0. The maximum atomic E-state index is 12.2. The van der Waals surface area contributed by atoms with Gasteiger partial charge in [-0.05, 0) is 24.3 Å². The molecule has 1 amide bonds. The number of benzene rings is 1. The molecule has 2 rings (SSSR count). The third kappa shape index (κ3) is 4.06. The third-order valence-corrected chi connectivity index (χ3v) is 4.04. The molecule has 3 heteroatoms. The predicted octanol–water partition coefficient (Wildman–Crippen LogP) is 2.43. The van der Waals surface area contributed by atoms with E-state index in [0.29, 0.717) is 12.5 Å². The number of hydrogen-bond acceptors (Lipinski definition) is 2. The lowest BCUT2D eigenvalue weighted by Gasteiger charge is -2.23. The van der Waals surface area contributed by atoms with Crippen molar-refractivity contribution in [3.8, 4) is 0 Å². The number of hydrogen-bond donors (Lipinski definition) is 2. The van der Waals surface area contributed by atoms with E-state index in [1.165, 1.54) is 32.1 Å². The predicted molar refractivity (Wildman–Crippen MR) is 77.8 cm³/mol. The molecule has 1 saturated carbocycles. The quantitative estimate of drug-likeness (QED) is 0.854. The molecule has 1 aliphatic rings. The van der Waals surface area contributed by atoms with E-state index in [2.05, 4.69) is 5.32 Å². The average Bonchev–Trinajstić information content (AvgIpc) is 2.48. The molecule has 1 aliphatic carbocycles. The molecule has 0 bridgehead atoms. The zero-order chi connectivity index (χ0) is 13.5. The topological polar surface area (TPSA) is 55.1 Å². The summed E-state index contributed by atoms with van der Waals surface area (Å²) in [6, 6.07) is 9.80. The summed E-state index contributed by atoms with van der Waals surface area (Å²) in [4.78, 5) is 12.2.